The Labute approximate surface area is 142 Å². The SMILES string of the molecule is CC(C)(C)OC(=O)N1CCC(COCc2ccccc2)(C(N)=O)C1. The number of carbonyl (C=O) groups is 2. The topological polar surface area (TPSA) is 81.9 Å². The second-order valence-electron chi connectivity index (χ2n) is 7.27. The summed E-state index contributed by atoms with van der Waals surface area (Å²) in [6.45, 7) is 6.69. The van der Waals surface area contributed by atoms with Gasteiger partial charge in [-0.1, -0.05) is 30.3 Å². The lowest BCUT2D eigenvalue weighted by Gasteiger charge is -2.27. The quantitative estimate of drug-likeness (QED) is 0.896. The van der Waals surface area contributed by atoms with E-state index in [1.807, 2.05) is 51.1 Å². The van der Waals surface area contributed by atoms with E-state index >= 15 is 0 Å². The zero-order valence-corrected chi connectivity index (χ0v) is 14.6. The average molecular weight is 334 g/mol. The fraction of sp³-hybridized carbons (Fsp3) is 0.556. The number of nitrogens with zero attached hydrogens (tertiary/aromatic N) is 1. The Bertz CT molecular complexity index is 582. The molecule has 1 aliphatic heterocycles. The molecule has 2 amide bonds. The number of benzene rings is 1. The minimum Gasteiger partial charge on any atom is -0.444 e. The van der Waals surface area contributed by atoms with Gasteiger partial charge in [-0.05, 0) is 32.8 Å². The predicted molar refractivity (Wildman–Crippen MR) is 90.1 cm³/mol. The Morgan fingerprint density at radius 2 is 1.92 bits per heavy atom. The Morgan fingerprint density at radius 1 is 1.25 bits per heavy atom. The molecule has 1 fully saturated rings. The number of ether oxygens (including phenoxy) is 2. The lowest BCUT2D eigenvalue weighted by Crippen LogP contribution is -2.45. The van der Waals surface area contributed by atoms with Gasteiger partial charge in [0.15, 0.2) is 0 Å². The van der Waals surface area contributed by atoms with Crippen LogP contribution in [0.1, 0.15) is 32.8 Å². The lowest BCUT2D eigenvalue weighted by molar-refractivity contribution is -0.130. The number of hydrogen-bond donors (Lipinski definition) is 1. The van der Waals surface area contributed by atoms with Crippen LogP contribution in [0, 0.1) is 5.41 Å². The highest BCUT2D eigenvalue weighted by Crippen LogP contribution is 2.32. The molecule has 6 heteroatoms. The number of likely N-dealkylation sites (tertiary alicyclic amines) is 1. The zero-order chi connectivity index (χ0) is 17.8. The van der Waals surface area contributed by atoms with Crippen LogP contribution < -0.4 is 5.73 Å². The molecule has 0 saturated carbocycles. The molecule has 0 aromatic heterocycles. The lowest BCUT2D eigenvalue weighted by atomic mass is 9.87. The molecule has 1 aliphatic rings. The van der Waals surface area contributed by atoms with Crippen molar-refractivity contribution >= 4 is 12.0 Å². The van der Waals surface area contributed by atoms with Crippen molar-refractivity contribution in [1.29, 1.82) is 0 Å². The third-order valence-electron chi connectivity index (χ3n) is 4.02. The third kappa shape index (κ3) is 4.71. The van der Waals surface area contributed by atoms with Crippen LogP contribution in [0.2, 0.25) is 0 Å². The maximum absolute atomic E-state index is 12.2. The average Bonchev–Trinajstić information content (AvgIpc) is 2.93. The van der Waals surface area contributed by atoms with Crippen LogP contribution in [-0.4, -0.2) is 42.2 Å². The van der Waals surface area contributed by atoms with Crippen LogP contribution in [-0.2, 0) is 20.9 Å². The monoisotopic (exact) mass is 334 g/mol. The standard InChI is InChI=1S/C18H26N2O4/c1-17(2,3)24-16(22)20-10-9-18(12-20,15(19)21)13-23-11-14-7-5-4-6-8-14/h4-8H,9-13H2,1-3H3,(H2,19,21). The molecule has 2 rings (SSSR count). The van der Waals surface area contributed by atoms with E-state index in [-0.39, 0.29) is 13.2 Å². The number of amides is 2. The highest BCUT2D eigenvalue weighted by atomic mass is 16.6. The van der Waals surface area contributed by atoms with Crippen molar-refractivity contribution in [3.05, 3.63) is 35.9 Å². The first-order chi connectivity index (χ1) is 11.2. The van der Waals surface area contributed by atoms with E-state index in [0.29, 0.717) is 19.6 Å². The van der Waals surface area contributed by atoms with Crippen molar-refractivity contribution in [2.24, 2.45) is 11.1 Å². The van der Waals surface area contributed by atoms with Gasteiger partial charge in [-0.15, -0.1) is 0 Å². The molecule has 1 heterocycles. The maximum atomic E-state index is 12.2. The van der Waals surface area contributed by atoms with Crippen molar-refractivity contribution in [1.82, 2.24) is 4.90 Å². The van der Waals surface area contributed by atoms with E-state index in [1.54, 1.807) is 0 Å². The van der Waals surface area contributed by atoms with Gasteiger partial charge in [-0.25, -0.2) is 4.79 Å². The summed E-state index contributed by atoms with van der Waals surface area (Å²) in [4.78, 5) is 25.7. The number of nitrogens with two attached hydrogens (primary N) is 1. The number of primary amides is 1. The van der Waals surface area contributed by atoms with Crippen LogP contribution in [0.4, 0.5) is 4.79 Å². The highest BCUT2D eigenvalue weighted by Gasteiger charge is 2.46. The van der Waals surface area contributed by atoms with E-state index in [0.717, 1.165) is 5.56 Å². The summed E-state index contributed by atoms with van der Waals surface area (Å²) in [5.74, 6) is -0.443. The predicted octanol–water partition coefficient (Wildman–Crippen LogP) is 2.32. The fourth-order valence-electron chi connectivity index (χ4n) is 2.68. The van der Waals surface area contributed by atoms with Gasteiger partial charge in [0, 0.05) is 13.1 Å². The van der Waals surface area contributed by atoms with Gasteiger partial charge in [-0.3, -0.25) is 4.79 Å². The Hall–Kier alpha value is -2.08. The minimum atomic E-state index is -0.855. The summed E-state index contributed by atoms with van der Waals surface area (Å²) in [5.41, 5.74) is 5.21. The van der Waals surface area contributed by atoms with Crippen molar-refractivity contribution in [3.63, 3.8) is 0 Å². The molecule has 0 spiro atoms. The molecule has 0 bridgehead atoms. The summed E-state index contributed by atoms with van der Waals surface area (Å²) in [7, 11) is 0. The summed E-state index contributed by atoms with van der Waals surface area (Å²) in [5, 5.41) is 0. The summed E-state index contributed by atoms with van der Waals surface area (Å²) in [6.07, 6.45) is 0.0600. The highest BCUT2D eigenvalue weighted by molar-refractivity contribution is 5.83. The van der Waals surface area contributed by atoms with Gasteiger partial charge >= 0.3 is 6.09 Å². The van der Waals surface area contributed by atoms with Crippen LogP contribution in [0.3, 0.4) is 0 Å². The van der Waals surface area contributed by atoms with E-state index in [1.165, 1.54) is 4.90 Å². The van der Waals surface area contributed by atoms with Crippen molar-refractivity contribution in [3.8, 4) is 0 Å². The molecule has 0 radical (unpaired) electrons. The smallest absolute Gasteiger partial charge is 0.410 e. The minimum absolute atomic E-state index is 0.191. The van der Waals surface area contributed by atoms with Crippen LogP contribution in [0.25, 0.3) is 0 Å². The molecule has 0 aliphatic carbocycles. The third-order valence-corrected chi connectivity index (χ3v) is 4.02. The molecule has 1 aromatic rings. The van der Waals surface area contributed by atoms with Gasteiger partial charge in [0.05, 0.1) is 18.6 Å². The second-order valence-corrected chi connectivity index (χ2v) is 7.27. The van der Waals surface area contributed by atoms with Crippen molar-refractivity contribution in [2.45, 2.75) is 39.4 Å². The number of hydrogen-bond acceptors (Lipinski definition) is 4. The van der Waals surface area contributed by atoms with E-state index < -0.39 is 23.0 Å². The van der Waals surface area contributed by atoms with Gasteiger partial charge in [-0.2, -0.15) is 0 Å². The summed E-state index contributed by atoms with van der Waals surface area (Å²) < 4.78 is 11.1. The zero-order valence-electron chi connectivity index (χ0n) is 14.6. The Balaban J connectivity index is 1.94. The first-order valence-electron chi connectivity index (χ1n) is 8.11. The van der Waals surface area contributed by atoms with Crippen LogP contribution in [0.15, 0.2) is 30.3 Å². The molecule has 1 aromatic carbocycles. The summed E-state index contributed by atoms with van der Waals surface area (Å²) in [6, 6.07) is 9.71. The van der Waals surface area contributed by atoms with Gasteiger partial charge in [0.2, 0.25) is 5.91 Å². The molecule has 2 N–H and O–H groups in total. The van der Waals surface area contributed by atoms with Crippen molar-refractivity contribution < 1.29 is 19.1 Å². The molecule has 1 saturated heterocycles. The first-order valence-corrected chi connectivity index (χ1v) is 8.11. The molecule has 132 valence electrons. The second kappa shape index (κ2) is 7.21. The maximum Gasteiger partial charge on any atom is 0.410 e. The van der Waals surface area contributed by atoms with Crippen LogP contribution in [0.5, 0.6) is 0 Å². The van der Waals surface area contributed by atoms with Gasteiger partial charge < -0.3 is 20.1 Å². The van der Waals surface area contributed by atoms with E-state index in [9.17, 15) is 9.59 Å². The Morgan fingerprint density at radius 3 is 2.50 bits per heavy atom. The molecule has 24 heavy (non-hydrogen) atoms. The molecular formula is C18H26N2O4. The van der Waals surface area contributed by atoms with Gasteiger partial charge in [0.1, 0.15) is 5.60 Å². The normalized spacial score (nSPS) is 20.9. The van der Waals surface area contributed by atoms with Crippen LogP contribution >= 0.6 is 0 Å². The molecular weight excluding hydrogens is 308 g/mol. The van der Waals surface area contributed by atoms with Crippen molar-refractivity contribution in [2.75, 3.05) is 19.7 Å². The number of rotatable bonds is 5. The first kappa shape index (κ1) is 18.3. The fourth-order valence-corrected chi connectivity index (χ4v) is 2.68. The van der Waals surface area contributed by atoms with E-state index in [4.69, 9.17) is 15.2 Å². The molecule has 1 unspecified atom stereocenters. The molecule has 6 nitrogen and oxygen atoms in total. The van der Waals surface area contributed by atoms with Gasteiger partial charge in [0.25, 0.3) is 0 Å². The molecule has 1 atom stereocenters. The summed E-state index contributed by atoms with van der Waals surface area (Å²) >= 11 is 0. The van der Waals surface area contributed by atoms with E-state index in [2.05, 4.69) is 0 Å². The Kier molecular flexibility index (Phi) is 5.49. The largest absolute Gasteiger partial charge is 0.444 e. The number of carbonyl (C=O) groups excluding carboxylic acids is 2.